The number of carbonyl (C=O) groups excluding carboxylic acids is 1. The number of piperidine rings is 1. The summed E-state index contributed by atoms with van der Waals surface area (Å²) in [6, 6.07) is 9.69. The Labute approximate surface area is 241 Å². The third-order valence-electron chi connectivity index (χ3n) is 7.40. The molecule has 0 spiro atoms. The first-order valence-corrected chi connectivity index (χ1v) is 14.1. The summed E-state index contributed by atoms with van der Waals surface area (Å²) in [6.07, 6.45) is -0.901. The van der Waals surface area contributed by atoms with Crippen LogP contribution in [0.3, 0.4) is 0 Å². The normalized spacial score (nSPS) is 19.0. The number of ether oxygens (including phenoxy) is 2. The van der Waals surface area contributed by atoms with Gasteiger partial charge in [0.25, 0.3) is 5.91 Å². The first-order chi connectivity index (χ1) is 20.2. The van der Waals surface area contributed by atoms with Gasteiger partial charge in [0.2, 0.25) is 5.88 Å². The second-order valence-corrected chi connectivity index (χ2v) is 10.4. The van der Waals surface area contributed by atoms with Gasteiger partial charge in [-0.15, -0.1) is 0 Å². The quantitative estimate of drug-likeness (QED) is 0.338. The number of hydrogen-bond donors (Lipinski definition) is 2. The number of halogens is 4. The van der Waals surface area contributed by atoms with E-state index in [1.54, 1.807) is 29.3 Å². The molecule has 5 rings (SSSR count). The van der Waals surface area contributed by atoms with Crippen molar-refractivity contribution in [2.45, 2.75) is 38.4 Å². The van der Waals surface area contributed by atoms with E-state index < -0.39 is 17.6 Å². The second kappa shape index (κ2) is 12.9. The van der Waals surface area contributed by atoms with E-state index in [4.69, 9.17) is 9.47 Å². The van der Waals surface area contributed by atoms with Crippen LogP contribution in [0.1, 0.15) is 42.2 Å². The summed E-state index contributed by atoms with van der Waals surface area (Å²) in [4.78, 5) is 23.9. The van der Waals surface area contributed by atoms with Crippen LogP contribution in [-0.2, 0) is 6.18 Å². The van der Waals surface area contributed by atoms with Crippen molar-refractivity contribution in [3.63, 3.8) is 0 Å². The van der Waals surface area contributed by atoms with Gasteiger partial charge in [-0.3, -0.25) is 4.79 Å². The van der Waals surface area contributed by atoms with Crippen LogP contribution in [0.25, 0.3) is 11.3 Å². The topological polar surface area (TPSA) is 88.6 Å². The van der Waals surface area contributed by atoms with Crippen molar-refractivity contribution >= 4 is 11.6 Å². The Kier molecular flexibility index (Phi) is 9.10. The highest BCUT2D eigenvalue weighted by molar-refractivity contribution is 5.96. The largest absolute Gasteiger partial charge is 0.491 e. The number of aromatic nitrogens is 2. The Bertz CT molecular complexity index is 1400. The van der Waals surface area contributed by atoms with Gasteiger partial charge in [-0.25, -0.2) is 14.4 Å². The van der Waals surface area contributed by atoms with E-state index in [1.165, 1.54) is 6.07 Å². The highest BCUT2D eigenvalue weighted by Gasteiger charge is 2.36. The number of rotatable bonds is 9. The molecule has 1 unspecified atom stereocenters. The van der Waals surface area contributed by atoms with Crippen LogP contribution >= 0.6 is 0 Å². The van der Waals surface area contributed by atoms with Crippen molar-refractivity contribution in [3.8, 4) is 22.9 Å². The van der Waals surface area contributed by atoms with Gasteiger partial charge >= 0.3 is 6.18 Å². The first kappa shape index (κ1) is 29.6. The molecular weight excluding hydrogens is 554 g/mol. The van der Waals surface area contributed by atoms with Crippen LogP contribution in [0, 0.1) is 11.7 Å². The molecule has 12 heteroatoms. The van der Waals surface area contributed by atoms with Crippen LogP contribution in [-0.4, -0.2) is 61.3 Å². The lowest BCUT2D eigenvalue weighted by Gasteiger charge is -2.35. The van der Waals surface area contributed by atoms with Crippen molar-refractivity contribution in [1.29, 1.82) is 0 Å². The molecule has 2 atom stereocenters. The van der Waals surface area contributed by atoms with Crippen molar-refractivity contribution in [1.82, 2.24) is 20.6 Å². The molecule has 4 heterocycles. The van der Waals surface area contributed by atoms with Gasteiger partial charge in [-0.2, -0.15) is 13.2 Å². The van der Waals surface area contributed by atoms with E-state index in [-0.39, 0.29) is 41.6 Å². The van der Waals surface area contributed by atoms with Crippen LogP contribution in [0.5, 0.6) is 11.6 Å². The van der Waals surface area contributed by atoms with Crippen molar-refractivity contribution in [3.05, 3.63) is 65.7 Å². The maximum atomic E-state index is 13.7. The van der Waals surface area contributed by atoms with Gasteiger partial charge in [0, 0.05) is 43.5 Å². The highest BCUT2D eigenvalue weighted by atomic mass is 19.4. The number of pyridine rings is 2. The van der Waals surface area contributed by atoms with Crippen LogP contribution in [0.15, 0.2) is 48.7 Å². The van der Waals surface area contributed by atoms with E-state index in [1.807, 2.05) is 13.0 Å². The molecule has 224 valence electrons. The van der Waals surface area contributed by atoms with Gasteiger partial charge in [-0.05, 0) is 75.2 Å². The third kappa shape index (κ3) is 6.92. The van der Waals surface area contributed by atoms with Gasteiger partial charge in [0.05, 0.1) is 30.0 Å². The monoisotopic (exact) mass is 587 g/mol. The summed E-state index contributed by atoms with van der Waals surface area (Å²) in [5, 5.41) is 6.23. The molecule has 2 aromatic heterocycles. The molecule has 2 saturated heterocycles. The minimum absolute atomic E-state index is 0.0429. The molecule has 2 aliphatic heterocycles. The molecule has 2 N–H and O–H groups in total. The zero-order chi connectivity index (χ0) is 29.7. The molecule has 0 bridgehead atoms. The molecule has 1 aromatic carbocycles. The van der Waals surface area contributed by atoms with Crippen LogP contribution < -0.4 is 25.0 Å². The first-order valence-electron chi connectivity index (χ1n) is 14.1. The molecule has 1 amide bonds. The maximum absolute atomic E-state index is 13.7. The van der Waals surface area contributed by atoms with E-state index in [0.717, 1.165) is 25.5 Å². The van der Waals surface area contributed by atoms with E-state index in [9.17, 15) is 22.4 Å². The summed E-state index contributed by atoms with van der Waals surface area (Å²) in [6.45, 7) is 4.60. The molecule has 0 aliphatic carbocycles. The number of anilines is 1. The number of nitrogens with one attached hydrogen (secondary N) is 2. The van der Waals surface area contributed by atoms with Gasteiger partial charge < -0.3 is 25.0 Å². The number of hydrogen-bond acceptors (Lipinski definition) is 7. The molecule has 3 aromatic rings. The van der Waals surface area contributed by atoms with Crippen molar-refractivity contribution in [2.24, 2.45) is 5.92 Å². The average molecular weight is 588 g/mol. The fourth-order valence-corrected chi connectivity index (χ4v) is 5.38. The molecular formula is C30H33F4N5O3. The Morgan fingerprint density at radius 2 is 2.02 bits per heavy atom. The predicted octanol–water partition coefficient (Wildman–Crippen LogP) is 5.09. The summed E-state index contributed by atoms with van der Waals surface area (Å²) in [5.41, 5.74) is 0.187. The molecule has 2 aliphatic rings. The highest BCUT2D eigenvalue weighted by Crippen LogP contribution is 2.38. The van der Waals surface area contributed by atoms with Crippen LogP contribution in [0.2, 0.25) is 0 Å². The Morgan fingerprint density at radius 3 is 2.79 bits per heavy atom. The lowest BCUT2D eigenvalue weighted by atomic mass is 9.97. The zero-order valence-corrected chi connectivity index (χ0v) is 23.2. The summed E-state index contributed by atoms with van der Waals surface area (Å²) in [5.74, 6) is -0.762. The minimum Gasteiger partial charge on any atom is -0.491 e. The van der Waals surface area contributed by atoms with E-state index in [2.05, 4.69) is 20.6 Å². The van der Waals surface area contributed by atoms with Crippen molar-refractivity contribution < 1.29 is 31.8 Å². The Hall–Kier alpha value is -3.93. The molecule has 0 saturated carbocycles. The van der Waals surface area contributed by atoms with Gasteiger partial charge in [-0.1, -0.05) is 0 Å². The van der Waals surface area contributed by atoms with Gasteiger partial charge in [0.15, 0.2) is 11.4 Å². The number of amides is 1. The standard InChI is InChI=1S/C30H33F4N5O3/c1-2-41-29-22(6-3-12-36-29)24-8-10-26(27(38-24)28(40)37-21-11-13-35-16-21)42-18-19-5-4-14-39(17-19)25-9-7-20(31)15-23(25)30(32,33)34/h3,6-10,12,15,19,21,35H,2,4-5,11,13-14,16-18H2,1H3,(H,37,40)/t19?,21-/m1/s1. The number of nitrogens with zero attached hydrogens (tertiary/aromatic N) is 3. The van der Waals surface area contributed by atoms with E-state index >= 15 is 0 Å². The van der Waals surface area contributed by atoms with E-state index in [0.29, 0.717) is 55.9 Å². The lowest BCUT2D eigenvalue weighted by Crippen LogP contribution is -2.39. The fraction of sp³-hybridized carbons (Fsp3) is 0.433. The molecule has 2 fully saturated rings. The summed E-state index contributed by atoms with van der Waals surface area (Å²) < 4.78 is 66.4. The zero-order valence-electron chi connectivity index (χ0n) is 23.2. The maximum Gasteiger partial charge on any atom is 0.418 e. The van der Waals surface area contributed by atoms with Crippen LogP contribution in [0.4, 0.5) is 23.2 Å². The molecule has 8 nitrogen and oxygen atoms in total. The lowest BCUT2D eigenvalue weighted by molar-refractivity contribution is -0.137. The average Bonchev–Trinajstić information content (AvgIpc) is 3.49. The Balaban J connectivity index is 1.36. The summed E-state index contributed by atoms with van der Waals surface area (Å²) >= 11 is 0. The molecule has 0 radical (unpaired) electrons. The Morgan fingerprint density at radius 1 is 1.17 bits per heavy atom. The number of alkyl halides is 3. The fourth-order valence-electron chi connectivity index (χ4n) is 5.38. The third-order valence-corrected chi connectivity index (χ3v) is 7.40. The SMILES string of the molecule is CCOc1ncccc1-c1ccc(OCC2CCCN(c3ccc(F)cc3C(F)(F)F)C2)c(C(=O)N[C@@H]2CCNC2)n1. The van der Waals surface area contributed by atoms with Crippen molar-refractivity contribution in [2.75, 3.05) is 44.3 Å². The predicted molar refractivity (Wildman–Crippen MR) is 149 cm³/mol. The number of benzene rings is 1. The minimum atomic E-state index is -4.68. The molecule has 42 heavy (non-hydrogen) atoms. The number of carbonyl (C=O) groups is 1. The van der Waals surface area contributed by atoms with Gasteiger partial charge in [0.1, 0.15) is 5.82 Å². The smallest absolute Gasteiger partial charge is 0.418 e. The summed E-state index contributed by atoms with van der Waals surface area (Å²) in [7, 11) is 0. The second-order valence-electron chi connectivity index (χ2n) is 10.4.